The van der Waals surface area contributed by atoms with Crippen molar-refractivity contribution in [2.75, 3.05) is 11.9 Å². The Labute approximate surface area is 146 Å². The molecule has 130 valence electrons. The zero-order valence-corrected chi connectivity index (χ0v) is 14.5. The van der Waals surface area contributed by atoms with Crippen molar-refractivity contribution in [1.82, 2.24) is 24.9 Å². The number of likely N-dealkylation sites (tertiary alicyclic amines) is 1. The van der Waals surface area contributed by atoms with Gasteiger partial charge in [0.2, 0.25) is 0 Å². The van der Waals surface area contributed by atoms with Crippen molar-refractivity contribution < 1.29 is 4.79 Å². The molecule has 4 rings (SSSR count). The Morgan fingerprint density at radius 1 is 1.32 bits per heavy atom. The highest BCUT2D eigenvalue weighted by molar-refractivity contribution is 5.93. The number of amides is 2. The third kappa shape index (κ3) is 2.86. The zero-order chi connectivity index (χ0) is 17.4. The van der Waals surface area contributed by atoms with Crippen LogP contribution in [0.4, 0.5) is 10.5 Å². The van der Waals surface area contributed by atoms with E-state index in [0.29, 0.717) is 0 Å². The van der Waals surface area contributed by atoms with Gasteiger partial charge in [0, 0.05) is 36.6 Å². The quantitative estimate of drug-likeness (QED) is 0.752. The van der Waals surface area contributed by atoms with Crippen molar-refractivity contribution in [3.8, 4) is 0 Å². The Hall–Kier alpha value is -2.83. The predicted molar refractivity (Wildman–Crippen MR) is 96.4 cm³/mol. The number of nitrogens with zero attached hydrogens (tertiary/aromatic N) is 4. The molecule has 0 unspecified atom stereocenters. The molecule has 2 aromatic heterocycles. The lowest BCUT2D eigenvalue weighted by molar-refractivity contribution is 0.161. The summed E-state index contributed by atoms with van der Waals surface area (Å²) in [5, 5.41) is 15.7. The summed E-state index contributed by atoms with van der Waals surface area (Å²) in [6.07, 6.45) is 4.83. The van der Waals surface area contributed by atoms with Crippen molar-refractivity contribution in [3.63, 3.8) is 0 Å². The molecule has 25 heavy (non-hydrogen) atoms. The first kappa shape index (κ1) is 15.7. The highest BCUT2D eigenvalue weighted by Gasteiger charge is 2.29. The number of carbonyl (C=O) groups is 1. The highest BCUT2D eigenvalue weighted by Crippen LogP contribution is 2.30. The summed E-state index contributed by atoms with van der Waals surface area (Å²) in [7, 11) is 1.93. The van der Waals surface area contributed by atoms with Gasteiger partial charge in [-0.25, -0.2) is 4.79 Å². The summed E-state index contributed by atoms with van der Waals surface area (Å²) in [5.74, 6) is 0. The largest absolute Gasteiger partial charge is 0.322 e. The molecular formula is C18H22N6O. The number of aryl methyl sites for hydroxylation is 2. The number of fused-ring (bicyclic) bond motifs is 1. The van der Waals surface area contributed by atoms with E-state index in [2.05, 4.69) is 20.6 Å². The molecule has 2 amide bonds. The van der Waals surface area contributed by atoms with Gasteiger partial charge < -0.3 is 10.2 Å². The number of urea groups is 1. The molecule has 1 aliphatic rings. The summed E-state index contributed by atoms with van der Waals surface area (Å²) in [4.78, 5) is 14.7. The van der Waals surface area contributed by atoms with Gasteiger partial charge >= 0.3 is 6.03 Å². The lowest BCUT2D eigenvalue weighted by atomic mass is 10.00. The van der Waals surface area contributed by atoms with E-state index in [1.54, 1.807) is 6.20 Å². The van der Waals surface area contributed by atoms with Crippen LogP contribution in [-0.4, -0.2) is 37.5 Å². The van der Waals surface area contributed by atoms with Crippen LogP contribution in [0.3, 0.4) is 0 Å². The van der Waals surface area contributed by atoms with Crippen LogP contribution in [0.2, 0.25) is 0 Å². The number of rotatable bonds is 2. The zero-order valence-electron chi connectivity index (χ0n) is 14.5. The Morgan fingerprint density at radius 3 is 3.00 bits per heavy atom. The fraction of sp³-hybridized carbons (Fsp3) is 0.389. The number of benzene rings is 1. The molecule has 0 bridgehead atoms. The second-order valence-corrected chi connectivity index (χ2v) is 6.59. The second-order valence-electron chi connectivity index (χ2n) is 6.59. The maximum Gasteiger partial charge on any atom is 0.322 e. The first-order valence-electron chi connectivity index (χ1n) is 8.64. The molecule has 1 fully saturated rings. The molecule has 3 aromatic rings. The summed E-state index contributed by atoms with van der Waals surface area (Å²) >= 11 is 0. The van der Waals surface area contributed by atoms with Crippen LogP contribution in [-0.2, 0) is 7.05 Å². The van der Waals surface area contributed by atoms with Gasteiger partial charge in [-0.05, 0) is 50.5 Å². The van der Waals surface area contributed by atoms with E-state index in [9.17, 15) is 4.79 Å². The minimum Gasteiger partial charge on any atom is -0.316 e. The van der Waals surface area contributed by atoms with Crippen LogP contribution >= 0.6 is 0 Å². The minimum atomic E-state index is -0.0775. The lowest BCUT2D eigenvalue weighted by Gasteiger charge is -2.35. The molecule has 3 heterocycles. The Morgan fingerprint density at radius 2 is 2.20 bits per heavy atom. The second kappa shape index (κ2) is 6.23. The molecule has 7 heteroatoms. The first-order chi connectivity index (χ1) is 12.1. The van der Waals surface area contributed by atoms with E-state index in [1.165, 1.54) is 0 Å². The number of aromatic amines is 1. The van der Waals surface area contributed by atoms with Crippen molar-refractivity contribution >= 4 is 22.6 Å². The standard InChI is InChI=1S/C18H22N6O/c1-12-14-7-6-13(11-16(14)22-23(12)2)20-18(25)24-10-4-3-5-17(24)15-8-9-19-21-15/h6-9,11,17H,3-5,10H2,1-2H3,(H,19,21)(H,20,25)/t17-/m1/s1. The van der Waals surface area contributed by atoms with E-state index in [1.807, 2.05) is 47.8 Å². The normalized spacial score (nSPS) is 17.8. The minimum absolute atomic E-state index is 0.0528. The smallest absolute Gasteiger partial charge is 0.316 e. The molecule has 7 nitrogen and oxygen atoms in total. The molecule has 1 aliphatic heterocycles. The molecule has 1 saturated heterocycles. The van der Waals surface area contributed by atoms with Crippen LogP contribution in [0.5, 0.6) is 0 Å². The molecule has 0 saturated carbocycles. The SMILES string of the molecule is Cc1c2ccc(NC(=O)N3CCCC[C@@H]3c3ccn[nH]3)cc2nn1C. The van der Waals surface area contributed by atoms with Gasteiger partial charge in [-0.15, -0.1) is 0 Å². The summed E-state index contributed by atoms with van der Waals surface area (Å²) < 4.78 is 1.86. The fourth-order valence-corrected chi connectivity index (χ4v) is 3.55. The average Bonchev–Trinajstić information content (AvgIpc) is 3.24. The molecule has 2 N–H and O–H groups in total. The average molecular weight is 338 g/mol. The maximum atomic E-state index is 12.8. The van der Waals surface area contributed by atoms with Gasteiger partial charge in [-0.3, -0.25) is 9.78 Å². The monoisotopic (exact) mass is 338 g/mol. The van der Waals surface area contributed by atoms with Gasteiger partial charge in [0.25, 0.3) is 0 Å². The van der Waals surface area contributed by atoms with Crippen molar-refractivity contribution in [2.45, 2.75) is 32.2 Å². The van der Waals surface area contributed by atoms with E-state index in [4.69, 9.17) is 0 Å². The highest BCUT2D eigenvalue weighted by atomic mass is 16.2. The fourth-order valence-electron chi connectivity index (χ4n) is 3.55. The van der Waals surface area contributed by atoms with Gasteiger partial charge in [0.05, 0.1) is 17.3 Å². The van der Waals surface area contributed by atoms with E-state index < -0.39 is 0 Å². The van der Waals surface area contributed by atoms with Crippen LogP contribution in [0.25, 0.3) is 10.9 Å². The molecule has 1 aromatic carbocycles. The summed E-state index contributed by atoms with van der Waals surface area (Å²) in [6, 6.07) is 7.79. The number of piperidine rings is 1. The number of carbonyl (C=O) groups excluding carboxylic acids is 1. The Bertz CT molecular complexity index is 898. The first-order valence-corrected chi connectivity index (χ1v) is 8.64. The number of nitrogens with one attached hydrogen (secondary N) is 2. The lowest BCUT2D eigenvalue weighted by Crippen LogP contribution is -2.41. The summed E-state index contributed by atoms with van der Waals surface area (Å²) in [5.41, 5.74) is 3.76. The topological polar surface area (TPSA) is 78.8 Å². The van der Waals surface area contributed by atoms with Crippen molar-refractivity contribution in [2.24, 2.45) is 7.05 Å². The predicted octanol–water partition coefficient (Wildman–Crippen LogP) is 3.36. The van der Waals surface area contributed by atoms with Gasteiger partial charge in [-0.2, -0.15) is 10.2 Å². The van der Waals surface area contributed by atoms with Gasteiger partial charge in [0.1, 0.15) is 0 Å². The number of hydrogen-bond donors (Lipinski definition) is 2. The number of hydrogen-bond acceptors (Lipinski definition) is 3. The molecule has 0 aliphatic carbocycles. The maximum absolute atomic E-state index is 12.8. The Kier molecular flexibility index (Phi) is 3.91. The summed E-state index contributed by atoms with van der Waals surface area (Å²) in [6.45, 7) is 2.79. The number of H-pyrrole nitrogens is 1. The van der Waals surface area contributed by atoms with Crippen molar-refractivity contribution in [3.05, 3.63) is 41.9 Å². The van der Waals surface area contributed by atoms with Gasteiger partial charge in [0.15, 0.2) is 0 Å². The Balaban J connectivity index is 1.56. The third-order valence-corrected chi connectivity index (χ3v) is 5.03. The third-order valence-electron chi connectivity index (χ3n) is 5.03. The van der Waals surface area contributed by atoms with Crippen LogP contribution in [0.1, 0.15) is 36.7 Å². The molecule has 1 atom stereocenters. The van der Waals surface area contributed by atoms with E-state index in [0.717, 1.165) is 53.8 Å². The van der Waals surface area contributed by atoms with Crippen LogP contribution in [0.15, 0.2) is 30.5 Å². The van der Waals surface area contributed by atoms with E-state index in [-0.39, 0.29) is 12.1 Å². The number of aromatic nitrogens is 4. The molecular weight excluding hydrogens is 316 g/mol. The molecule has 0 spiro atoms. The van der Waals surface area contributed by atoms with Crippen molar-refractivity contribution in [1.29, 1.82) is 0 Å². The van der Waals surface area contributed by atoms with E-state index >= 15 is 0 Å². The number of anilines is 1. The van der Waals surface area contributed by atoms with Gasteiger partial charge in [-0.1, -0.05) is 0 Å². The van der Waals surface area contributed by atoms with Crippen LogP contribution in [0, 0.1) is 6.92 Å². The molecule has 0 radical (unpaired) electrons. The van der Waals surface area contributed by atoms with Crippen LogP contribution < -0.4 is 5.32 Å².